The van der Waals surface area contributed by atoms with E-state index in [2.05, 4.69) is 237 Å². The summed E-state index contributed by atoms with van der Waals surface area (Å²) in [6.07, 6.45) is 15.6. The van der Waals surface area contributed by atoms with Crippen LogP contribution in [-0.4, -0.2) is 0 Å². The molecule has 0 amide bonds. The standard InChI is InChI=1S/C66H55N/c1-44-18-6-8-25-52(44)59-32-16-24-50-37-36-45(2)64(66(50)59)61-28-11-13-35-63(61)67(51-41-38-48(39-42-51)54-29-17-31-56-53-26-9-7-21-47(53)40-43-57(54)56)62-34-12-10-27-58(62)60-33-15-23-49-22-14-30-55(65(49)60)46-19-4-3-5-20-46/h6-18,21-44,46,52H,3-5,19-20H2,1-2H3. The molecular formula is C66H55N. The molecule has 12 rings (SSSR count). The van der Waals surface area contributed by atoms with Crippen molar-refractivity contribution in [1.82, 2.24) is 0 Å². The number of hydrogen-bond acceptors (Lipinski definition) is 1. The van der Waals surface area contributed by atoms with E-state index < -0.39 is 0 Å². The Hall–Kier alpha value is -7.48. The van der Waals surface area contributed by atoms with Crippen LogP contribution < -0.4 is 4.90 Å². The number of fused-ring (bicyclic) bond motifs is 5. The van der Waals surface area contributed by atoms with E-state index in [1.165, 1.54) is 125 Å². The van der Waals surface area contributed by atoms with Crippen molar-refractivity contribution < 1.29 is 0 Å². The van der Waals surface area contributed by atoms with Gasteiger partial charge in [-0.15, -0.1) is 0 Å². The average molecular weight is 862 g/mol. The summed E-state index contributed by atoms with van der Waals surface area (Å²) in [7, 11) is 0. The van der Waals surface area contributed by atoms with Crippen LogP contribution >= 0.6 is 0 Å². The van der Waals surface area contributed by atoms with E-state index in [0.717, 1.165) is 17.1 Å². The molecule has 0 aliphatic heterocycles. The third-order valence-corrected chi connectivity index (χ3v) is 15.1. The molecule has 0 spiro atoms. The van der Waals surface area contributed by atoms with Gasteiger partial charge in [0.25, 0.3) is 0 Å². The zero-order chi connectivity index (χ0) is 44.8. The van der Waals surface area contributed by atoms with Crippen LogP contribution in [0.3, 0.4) is 0 Å². The Bertz CT molecular complexity index is 3540. The molecule has 1 saturated carbocycles. The van der Waals surface area contributed by atoms with Gasteiger partial charge in [0.15, 0.2) is 0 Å². The predicted octanol–water partition coefficient (Wildman–Crippen LogP) is 19.0. The highest BCUT2D eigenvalue weighted by atomic mass is 15.1. The van der Waals surface area contributed by atoms with Crippen molar-refractivity contribution in [3.63, 3.8) is 0 Å². The van der Waals surface area contributed by atoms with E-state index in [1.54, 1.807) is 0 Å². The molecular weight excluding hydrogens is 807 g/mol. The van der Waals surface area contributed by atoms with Crippen molar-refractivity contribution in [2.45, 2.75) is 57.8 Å². The van der Waals surface area contributed by atoms with Gasteiger partial charge in [0, 0.05) is 22.7 Å². The van der Waals surface area contributed by atoms with Crippen molar-refractivity contribution in [3.05, 3.63) is 235 Å². The van der Waals surface area contributed by atoms with Crippen LogP contribution in [-0.2, 0) is 0 Å². The van der Waals surface area contributed by atoms with Gasteiger partial charge in [0.05, 0.1) is 11.4 Å². The zero-order valence-corrected chi connectivity index (χ0v) is 38.5. The van der Waals surface area contributed by atoms with Crippen LogP contribution in [0.2, 0.25) is 0 Å². The molecule has 0 bridgehead atoms. The molecule has 324 valence electrons. The topological polar surface area (TPSA) is 3.24 Å². The fraction of sp³-hybridized carbons (Fsp3) is 0.152. The number of hydrogen-bond donors (Lipinski definition) is 0. The lowest BCUT2D eigenvalue weighted by atomic mass is 9.79. The maximum atomic E-state index is 2.56. The van der Waals surface area contributed by atoms with E-state index in [0.29, 0.717) is 11.8 Å². The Morgan fingerprint density at radius 3 is 1.82 bits per heavy atom. The molecule has 0 aromatic heterocycles. The first-order chi connectivity index (χ1) is 33.1. The normalized spacial score (nSPS) is 16.3. The highest BCUT2D eigenvalue weighted by molar-refractivity contribution is 6.12. The van der Waals surface area contributed by atoms with Crippen molar-refractivity contribution in [2.24, 2.45) is 5.92 Å². The van der Waals surface area contributed by atoms with Crippen molar-refractivity contribution in [2.75, 3.05) is 4.90 Å². The molecule has 0 radical (unpaired) electrons. The minimum Gasteiger partial charge on any atom is -0.309 e. The Morgan fingerprint density at radius 2 is 1.01 bits per heavy atom. The number of nitrogens with zero attached hydrogens (tertiary/aromatic N) is 1. The molecule has 2 atom stereocenters. The first-order valence-electron chi connectivity index (χ1n) is 24.5. The second-order valence-electron chi connectivity index (χ2n) is 19.0. The highest BCUT2D eigenvalue weighted by Gasteiger charge is 2.27. The van der Waals surface area contributed by atoms with Gasteiger partial charge in [-0.05, 0) is 138 Å². The lowest BCUT2D eigenvalue weighted by Gasteiger charge is -2.31. The van der Waals surface area contributed by atoms with Crippen LogP contribution in [0.1, 0.15) is 67.6 Å². The van der Waals surface area contributed by atoms with Gasteiger partial charge < -0.3 is 4.90 Å². The molecule has 0 N–H and O–H groups in total. The second-order valence-corrected chi connectivity index (χ2v) is 19.0. The maximum absolute atomic E-state index is 2.56. The summed E-state index contributed by atoms with van der Waals surface area (Å²) in [6.45, 7) is 4.65. The number of benzene rings is 10. The quantitative estimate of drug-likeness (QED) is 0.138. The summed E-state index contributed by atoms with van der Waals surface area (Å²) in [5.74, 6) is 1.24. The van der Waals surface area contributed by atoms with Crippen molar-refractivity contribution in [3.8, 4) is 33.4 Å². The maximum Gasteiger partial charge on any atom is 0.0540 e. The number of para-hydroxylation sites is 2. The molecule has 1 fully saturated rings. The largest absolute Gasteiger partial charge is 0.309 e. The summed E-state index contributed by atoms with van der Waals surface area (Å²) >= 11 is 0. The van der Waals surface area contributed by atoms with E-state index >= 15 is 0 Å². The summed E-state index contributed by atoms with van der Waals surface area (Å²) in [5.41, 5.74) is 15.1. The van der Waals surface area contributed by atoms with Crippen LogP contribution in [0.15, 0.2) is 218 Å². The predicted molar refractivity (Wildman–Crippen MR) is 288 cm³/mol. The molecule has 1 heteroatoms. The van der Waals surface area contributed by atoms with E-state index in [-0.39, 0.29) is 5.92 Å². The molecule has 0 heterocycles. The third-order valence-electron chi connectivity index (χ3n) is 15.1. The minimum atomic E-state index is 0.280. The molecule has 2 aliphatic carbocycles. The third kappa shape index (κ3) is 7.26. The van der Waals surface area contributed by atoms with Gasteiger partial charge in [-0.25, -0.2) is 0 Å². The lowest BCUT2D eigenvalue weighted by Crippen LogP contribution is -2.13. The lowest BCUT2D eigenvalue weighted by molar-refractivity contribution is 0.445. The first kappa shape index (κ1) is 41.0. The summed E-state index contributed by atoms with van der Waals surface area (Å²) in [6, 6.07) is 73.2. The zero-order valence-electron chi connectivity index (χ0n) is 38.5. The number of aryl methyl sites for hydroxylation is 1. The first-order valence-corrected chi connectivity index (χ1v) is 24.5. The fourth-order valence-electron chi connectivity index (χ4n) is 11.9. The van der Waals surface area contributed by atoms with Crippen molar-refractivity contribution >= 4 is 60.2 Å². The van der Waals surface area contributed by atoms with Gasteiger partial charge in [-0.2, -0.15) is 0 Å². The molecule has 2 unspecified atom stereocenters. The summed E-state index contributed by atoms with van der Waals surface area (Å²) in [4.78, 5) is 2.56. The van der Waals surface area contributed by atoms with Crippen molar-refractivity contribution in [1.29, 1.82) is 0 Å². The summed E-state index contributed by atoms with van der Waals surface area (Å²) in [5, 5.41) is 10.4. The van der Waals surface area contributed by atoms with E-state index in [1.807, 2.05) is 0 Å². The monoisotopic (exact) mass is 861 g/mol. The minimum absolute atomic E-state index is 0.280. The Morgan fingerprint density at radius 1 is 0.418 bits per heavy atom. The van der Waals surface area contributed by atoms with Crippen LogP contribution in [0, 0.1) is 12.8 Å². The molecule has 2 aliphatic rings. The van der Waals surface area contributed by atoms with Gasteiger partial charge in [-0.1, -0.05) is 220 Å². The average Bonchev–Trinajstić information content (AvgIpc) is 3.39. The number of anilines is 3. The molecule has 0 saturated heterocycles. The van der Waals surface area contributed by atoms with Crippen LogP contribution in [0.25, 0.3) is 76.5 Å². The Balaban J connectivity index is 1.09. The van der Waals surface area contributed by atoms with Gasteiger partial charge >= 0.3 is 0 Å². The molecule has 1 nitrogen and oxygen atoms in total. The number of rotatable bonds is 8. The Kier molecular flexibility index (Phi) is 10.6. The van der Waals surface area contributed by atoms with Gasteiger partial charge in [-0.3, -0.25) is 0 Å². The molecule has 67 heavy (non-hydrogen) atoms. The fourth-order valence-corrected chi connectivity index (χ4v) is 11.9. The molecule has 10 aromatic rings. The summed E-state index contributed by atoms with van der Waals surface area (Å²) < 4.78 is 0. The van der Waals surface area contributed by atoms with E-state index in [9.17, 15) is 0 Å². The van der Waals surface area contributed by atoms with E-state index in [4.69, 9.17) is 0 Å². The molecule has 10 aromatic carbocycles. The van der Waals surface area contributed by atoms with Gasteiger partial charge in [0.1, 0.15) is 0 Å². The van der Waals surface area contributed by atoms with Crippen LogP contribution in [0.4, 0.5) is 17.1 Å². The highest BCUT2D eigenvalue weighted by Crippen LogP contribution is 2.50. The van der Waals surface area contributed by atoms with Gasteiger partial charge in [0.2, 0.25) is 0 Å². The van der Waals surface area contributed by atoms with Crippen LogP contribution in [0.5, 0.6) is 0 Å². The smallest absolute Gasteiger partial charge is 0.0540 e. The SMILES string of the molecule is Cc1ccc2cccc(C3C=CC=CC3C)c2c1-c1ccccc1N(c1ccc(-c2cccc3c2ccc2ccccc23)cc1)c1ccccc1-c1cccc2cccc(C3CCCCC3)c12. The second kappa shape index (κ2) is 17.4. The number of allylic oxidation sites excluding steroid dienone is 4. The Labute approximate surface area is 395 Å².